The van der Waals surface area contributed by atoms with Crippen LogP contribution >= 0.6 is 0 Å². The number of carbonyl (C=O) groups excluding carboxylic acids is 2. The van der Waals surface area contributed by atoms with Crippen LogP contribution in [0.4, 0.5) is 0 Å². The van der Waals surface area contributed by atoms with Gasteiger partial charge in [0.05, 0.1) is 0 Å². The maximum Gasteiger partial charge on any atom is 0.254 e. The van der Waals surface area contributed by atoms with Crippen molar-refractivity contribution < 1.29 is 9.59 Å². The molecule has 0 bridgehead atoms. The maximum atomic E-state index is 13.2. The van der Waals surface area contributed by atoms with Crippen LogP contribution in [0.1, 0.15) is 48.9 Å². The molecule has 2 aromatic rings. The second kappa shape index (κ2) is 8.55. The molecule has 2 aliphatic rings. The van der Waals surface area contributed by atoms with Gasteiger partial charge in [-0.2, -0.15) is 0 Å². The molecule has 1 aromatic carbocycles. The minimum atomic E-state index is 0.110. The van der Waals surface area contributed by atoms with Crippen LogP contribution < -0.4 is 0 Å². The molecule has 5 heteroatoms. The van der Waals surface area contributed by atoms with E-state index in [0.29, 0.717) is 6.42 Å². The molecule has 0 aliphatic carbocycles. The fraction of sp³-hybridized carbons (Fsp3) is 0.435. The number of rotatable bonds is 5. The van der Waals surface area contributed by atoms with Crippen molar-refractivity contribution in [1.82, 2.24) is 14.8 Å². The van der Waals surface area contributed by atoms with Crippen LogP contribution in [0.15, 0.2) is 48.8 Å². The number of benzene rings is 1. The zero-order valence-electron chi connectivity index (χ0n) is 16.2. The molecule has 0 unspecified atom stereocenters. The van der Waals surface area contributed by atoms with E-state index < -0.39 is 0 Å². The number of aromatic nitrogens is 1. The summed E-state index contributed by atoms with van der Waals surface area (Å²) in [5.74, 6) is 0.374. The lowest BCUT2D eigenvalue weighted by Gasteiger charge is -2.36. The van der Waals surface area contributed by atoms with Gasteiger partial charge in [0.25, 0.3) is 5.91 Å². The largest absolute Gasteiger partial charge is 0.343 e. The third-order valence-corrected chi connectivity index (χ3v) is 5.94. The average molecular weight is 377 g/mol. The summed E-state index contributed by atoms with van der Waals surface area (Å²) in [5, 5.41) is 0. The molecular weight excluding hydrogens is 350 g/mol. The standard InChI is InChI=1S/C23H27N3O2/c27-22-5-3-15-25(22)17-12-21-4-1-2-16-26(21)23(28)20-8-6-18(7-9-20)19-10-13-24-14-11-19/h6-11,13-14,21H,1-5,12,15-17H2/t21-/m0/s1. The molecule has 4 rings (SSSR count). The van der Waals surface area contributed by atoms with E-state index in [1.165, 1.54) is 0 Å². The molecule has 28 heavy (non-hydrogen) atoms. The third kappa shape index (κ3) is 4.08. The van der Waals surface area contributed by atoms with Gasteiger partial charge >= 0.3 is 0 Å². The smallest absolute Gasteiger partial charge is 0.254 e. The van der Waals surface area contributed by atoms with Gasteiger partial charge < -0.3 is 9.80 Å². The van der Waals surface area contributed by atoms with E-state index in [0.717, 1.165) is 68.4 Å². The third-order valence-electron chi connectivity index (χ3n) is 5.94. The second-order valence-corrected chi connectivity index (χ2v) is 7.73. The van der Waals surface area contributed by atoms with Crippen LogP contribution in [-0.2, 0) is 4.79 Å². The molecule has 0 N–H and O–H groups in total. The topological polar surface area (TPSA) is 53.5 Å². The first kappa shape index (κ1) is 18.7. The molecule has 146 valence electrons. The Morgan fingerprint density at radius 2 is 1.71 bits per heavy atom. The molecule has 2 amide bonds. The number of amides is 2. The predicted molar refractivity (Wildman–Crippen MR) is 109 cm³/mol. The van der Waals surface area contributed by atoms with E-state index in [1.807, 2.05) is 46.2 Å². The SMILES string of the molecule is O=C1CCCN1CC[C@@H]1CCCCN1C(=O)c1ccc(-c2ccncc2)cc1. The summed E-state index contributed by atoms with van der Waals surface area (Å²) >= 11 is 0. The first-order valence-electron chi connectivity index (χ1n) is 10.3. The van der Waals surface area contributed by atoms with Crippen LogP contribution in [0.25, 0.3) is 11.1 Å². The fourth-order valence-corrected chi connectivity index (χ4v) is 4.33. The van der Waals surface area contributed by atoms with Gasteiger partial charge in [0.2, 0.25) is 5.91 Å². The number of hydrogen-bond acceptors (Lipinski definition) is 3. The van der Waals surface area contributed by atoms with Crippen LogP contribution in [0.5, 0.6) is 0 Å². The Hall–Kier alpha value is -2.69. The quantitative estimate of drug-likeness (QED) is 0.797. The highest BCUT2D eigenvalue weighted by molar-refractivity contribution is 5.95. The van der Waals surface area contributed by atoms with Crippen molar-refractivity contribution in [3.8, 4) is 11.1 Å². The van der Waals surface area contributed by atoms with Gasteiger partial charge in [0.15, 0.2) is 0 Å². The van der Waals surface area contributed by atoms with Gasteiger partial charge in [-0.15, -0.1) is 0 Å². The fourth-order valence-electron chi connectivity index (χ4n) is 4.33. The van der Waals surface area contributed by atoms with Gasteiger partial charge in [-0.25, -0.2) is 0 Å². The number of likely N-dealkylation sites (tertiary alicyclic amines) is 2. The molecule has 1 aromatic heterocycles. The van der Waals surface area contributed by atoms with Gasteiger partial charge in [0.1, 0.15) is 0 Å². The molecule has 2 fully saturated rings. The first-order chi connectivity index (χ1) is 13.7. The summed E-state index contributed by atoms with van der Waals surface area (Å²) < 4.78 is 0. The number of hydrogen-bond donors (Lipinski definition) is 0. The number of piperidine rings is 1. The van der Waals surface area contributed by atoms with Crippen molar-refractivity contribution >= 4 is 11.8 Å². The highest BCUT2D eigenvalue weighted by Crippen LogP contribution is 2.25. The average Bonchev–Trinajstić information content (AvgIpc) is 3.17. The zero-order valence-corrected chi connectivity index (χ0v) is 16.2. The Morgan fingerprint density at radius 3 is 2.43 bits per heavy atom. The molecule has 2 aliphatic heterocycles. The Morgan fingerprint density at radius 1 is 0.964 bits per heavy atom. The number of nitrogens with zero attached hydrogens (tertiary/aromatic N) is 3. The van der Waals surface area contributed by atoms with Gasteiger partial charge in [-0.05, 0) is 67.5 Å². The zero-order chi connectivity index (χ0) is 19.3. The first-order valence-corrected chi connectivity index (χ1v) is 10.3. The van der Waals surface area contributed by atoms with E-state index in [-0.39, 0.29) is 17.9 Å². The van der Waals surface area contributed by atoms with Crippen molar-refractivity contribution in [2.45, 2.75) is 44.6 Å². The highest BCUT2D eigenvalue weighted by Gasteiger charge is 2.29. The van der Waals surface area contributed by atoms with Gasteiger partial charge in [-0.1, -0.05) is 12.1 Å². The summed E-state index contributed by atoms with van der Waals surface area (Å²) in [6, 6.07) is 12.0. The van der Waals surface area contributed by atoms with Crippen LogP contribution in [0.2, 0.25) is 0 Å². The van der Waals surface area contributed by atoms with Crippen molar-refractivity contribution in [3.05, 3.63) is 54.4 Å². The van der Waals surface area contributed by atoms with Crippen molar-refractivity contribution in [2.75, 3.05) is 19.6 Å². The molecular formula is C23H27N3O2. The van der Waals surface area contributed by atoms with E-state index in [2.05, 4.69) is 4.98 Å². The lowest BCUT2D eigenvalue weighted by molar-refractivity contribution is -0.127. The normalized spacial score (nSPS) is 19.9. The molecule has 0 saturated carbocycles. The van der Waals surface area contributed by atoms with E-state index in [1.54, 1.807) is 12.4 Å². The Bertz CT molecular complexity index is 820. The van der Waals surface area contributed by atoms with Gasteiger partial charge in [0, 0.05) is 50.1 Å². The summed E-state index contributed by atoms with van der Waals surface area (Å²) in [4.78, 5) is 33.1. The second-order valence-electron chi connectivity index (χ2n) is 7.73. The van der Waals surface area contributed by atoms with E-state index in [4.69, 9.17) is 0 Å². The Labute approximate surface area is 166 Å². The van der Waals surface area contributed by atoms with E-state index >= 15 is 0 Å². The van der Waals surface area contributed by atoms with Crippen LogP contribution in [-0.4, -0.2) is 52.3 Å². The minimum absolute atomic E-state index is 0.110. The van der Waals surface area contributed by atoms with Crippen molar-refractivity contribution in [1.29, 1.82) is 0 Å². The Balaban J connectivity index is 1.43. The van der Waals surface area contributed by atoms with Gasteiger partial charge in [-0.3, -0.25) is 14.6 Å². The minimum Gasteiger partial charge on any atom is -0.343 e. The summed E-state index contributed by atoms with van der Waals surface area (Å²) in [7, 11) is 0. The van der Waals surface area contributed by atoms with E-state index in [9.17, 15) is 9.59 Å². The lowest BCUT2D eigenvalue weighted by Crippen LogP contribution is -2.45. The molecule has 0 radical (unpaired) electrons. The number of pyridine rings is 1. The summed E-state index contributed by atoms with van der Waals surface area (Å²) in [6.07, 6.45) is 9.32. The van der Waals surface area contributed by atoms with Crippen molar-refractivity contribution in [3.63, 3.8) is 0 Å². The molecule has 0 spiro atoms. The summed E-state index contributed by atoms with van der Waals surface area (Å²) in [5.41, 5.74) is 2.92. The lowest BCUT2D eigenvalue weighted by atomic mass is 9.97. The molecule has 1 atom stereocenters. The Kier molecular flexibility index (Phi) is 5.70. The molecule has 3 heterocycles. The molecule has 2 saturated heterocycles. The number of carbonyl (C=O) groups is 2. The monoisotopic (exact) mass is 377 g/mol. The predicted octanol–water partition coefficient (Wildman–Crippen LogP) is 3.76. The van der Waals surface area contributed by atoms with Crippen LogP contribution in [0, 0.1) is 0 Å². The molecule has 5 nitrogen and oxygen atoms in total. The van der Waals surface area contributed by atoms with Crippen LogP contribution in [0.3, 0.4) is 0 Å². The highest BCUT2D eigenvalue weighted by atomic mass is 16.2. The maximum absolute atomic E-state index is 13.2. The van der Waals surface area contributed by atoms with Crippen molar-refractivity contribution in [2.24, 2.45) is 0 Å². The summed E-state index contributed by atoms with van der Waals surface area (Å²) in [6.45, 7) is 2.45.